The normalized spacial score (nSPS) is 15.1. The lowest BCUT2D eigenvalue weighted by Crippen LogP contribution is -2.35. The van der Waals surface area contributed by atoms with Crippen LogP contribution >= 0.6 is 23.2 Å². The van der Waals surface area contributed by atoms with Crippen molar-refractivity contribution in [3.63, 3.8) is 0 Å². The number of nitrogens with zero attached hydrogens (tertiary/aromatic N) is 2. The molecule has 0 radical (unpaired) electrons. The Labute approximate surface area is 219 Å². The Balaban J connectivity index is 1.44. The monoisotopic (exact) mass is 528 g/mol. The number of aromatic carboxylic acids is 1. The molecule has 1 aliphatic rings. The number of carbonyl (C=O) groups excluding carboxylic acids is 1. The fourth-order valence-corrected chi connectivity index (χ4v) is 4.44. The quantitative estimate of drug-likeness (QED) is 0.379. The van der Waals surface area contributed by atoms with Gasteiger partial charge < -0.3 is 19.5 Å². The summed E-state index contributed by atoms with van der Waals surface area (Å²) >= 11 is 12.0. The third kappa shape index (κ3) is 6.28. The standard InChI is InChI=1S/C27H26Cl2N2O5/c1-17-15-20(8-10-22(17)29)35-14-12-23-21(27(33)34)9-11-24(30-23)25-3-2-13-31(25)26(32)16-36-19-6-4-18(28)5-7-19/h4-11,15,25H,2-3,12-14,16H2,1H3,(H,33,34)/t25-/m1/s1. The van der Waals surface area contributed by atoms with Gasteiger partial charge in [0.15, 0.2) is 6.61 Å². The maximum absolute atomic E-state index is 12.9. The average molecular weight is 529 g/mol. The van der Waals surface area contributed by atoms with Crippen molar-refractivity contribution < 1.29 is 24.2 Å². The fraction of sp³-hybridized carbons (Fsp3) is 0.296. The molecule has 2 aromatic carbocycles. The van der Waals surface area contributed by atoms with E-state index in [1.165, 1.54) is 0 Å². The van der Waals surface area contributed by atoms with Crippen LogP contribution in [0.15, 0.2) is 54.6 Å². The molecular weight excluding hydrogens is 503 g/mol. The molecule has 1 atom stereocenters. The van der Waals surface area contributed by atoms with Crippen molar-refractivity contribution in [3.05, 3.63) is 87.2 Å². The van der Waals surface area contributed by atoms with Crippen molar-refractivity contribution in [2.45, 2.75) is 32.2 Å². The van der Waals surface area contributed by atoms with Gasteiger partial charge in [-0.2, -0.15) is 0 Å². The molecule has 0 unspecified atom stereocenters. The van der Waals surface area contributed by atoms with Crippen LogP contribution in [0.25, 0.3) is 0 Å². The Kier molecular flexibility index (Phi) is 8.33. The predicted octanol–water partition coefficient (Wildman–Crippen LogP) is 5.76. The molecule has 9 heteroatoms. The fourth-order valence-electron chi connectivity index (χ4n) is 4.19. The number of carboxylic acids is 1. The minimum absolute atomic E-state index is 0.105. The zero-order chi connectivity index (χ0) is 25.7. The molecular formula is C27H26Cl2N2O5. The second-order valence-electron chi connectivity index (χ2n) is 8.53. The molecule has 1 fully saturated rings. The zero-order valence-corrected chi connectivity index (χ0v) is 21.3. The predicted molar refractivity (Wildman–Crippen MR) is 137 cm³/mol. The number of amides is 1. The smallest absolute Gasteiger partial charge is 0.337 e. The average Bonchev–Trinajstić information content (AvgIpc) is 3.36. The van der Waals surface area contributed by atoms with E-state index in [4.69, 9.17) is 32.7 Å². The number of hydrogen-bond donors (Lipinski definition) is 1. The topological polar surface area (TPSA) is 89.0 Å². The highest BCUT2D eigenvalue weighted by Crippen LogP contribution is 2.32. The maximum atomic E-state index is 12.9. The van der Waals surface area contributed by atoms with Gasteiger partial charge in [0.25, 0.3) is 5.91 Å². The van der Waals surface area contributed by atoms with Gasteiger partial charge in [-0.25, -0.2) is 4.79 Å². The number of carbonyl (C=O) groups is 2. The third-order valence-corrected chi connectivity index (χ3v) is 6.73. The number of ether oxygens (including phenoxy) is 2. The van der Waals surface area contributed by atoms with Crippen molar-refractivity contribution in [3.8, 4) is 11.5 Å². The largest absolute Gasteiger partial charge is 0.493 e. The Bertz CT molecular complexity index is 1250. The highest BCUT2D eigenvalue weighted by atomic mass is 35.5. The van der Waals surface area contributed by atoms with E-state index >= 15 is 0 Å². The summed E-state index contributed by atoms with van der Waals surface area (Å²) in [5.41, 5.74) is 2.10. The number of hydrogen-bond acceptors (Lipinski definition) is 5. The van der Waals surface area contributed by atoms with Crippen molar-refractivity contribution in [1.29, 1.82) is 0 Å². The molecule has 4 rings (SSSR count). The highest BCUT2D eigenvalue weighted by molar-refractivity contribution is 6.31. The van der Waals surface area contributed by atoms with Crippen LogP contribution in [0.5, 0.6) is 11.5 Å². The molecule has 2 heterocycles. The summed E-state index contributed by atoms with van der Waals surface area (Å²) in [6.07, 6.45) is 1.87. The number of pyridine rings is 1. The van der Waals surface area contributed by atoms with E-state index in [0.29, 0.717) is 45.9 Å². The molecule has 3 aromatic rings. The summed E-state index contributed by atoms with van der Waals surface area (Å²) in [5.74, 6) is 0.00504. The first-order valence-electron chi connectivity index (χ1n) is 11.6. The highest BCUT2D eigenvalue weighted by Gasteiger charge is 2.31. The van der Waals surface area contributed by atoms with Crippen LogP contribution in [0, 0.1) is 6.92 Å². The van der Waals surface area contributed by atoms with Gasteiger partial charge in [0.05, 0.1) is 29.6 Å². The van der Waals surface area contributed by atoms with Gasteiger partial charge in [-0.15, -0.1) is 0 Å². The van der Waals surface area contributed by atoms with Crippen LogP contribution in [-0.2, 0) is 11.2 Å². The van der Waals surface area contributed by atoms with Crippen LogP contribution in [0.4, 0.5) is 0 Å². The molecule has 1 N–H and O–H groups in total. The maximum Gasteiger partial charge on any atom is 0.337 e. The molecule has 0 saturated carbocycles. The zero-order valence-electron chi connectivity index (χ0n) is 19.7. The van der Waals surface area contributed by atoms with E-state index in [9.17, 15) is 14.7 Å². The van der Waals surface area contributed by atoms with E-state index in [2.05, 4.69) is 4.98 Å². The van der Waals surface area contributed by atoms with Crippen molar-refractivity contribution in [1.82, 2.24) is 9.88 Å². The molecule has 1 aliphatic heterocycles. The van der Waals surface area contributed by atoms with Crippen molar-refractivity contribution in [2.75, 3.05) is 19.8 Å². The summed E-state index contributed by atoms with van der Waals surface area (Å²) in [6.45, 7) is 2.62. The van der Waals surface area contributed by atoms with E-state index in [1.807, 2.05) is 13.0 Å². The van der Waals surface area contributed by atoms with Crippen LogP contribution < -0.4 is 9.47 Å². The summed E-state index contributed by atoms with van der Waals surface area (Å²) in [5, 5.41) is 10.9. The van der Waals surface area contributed by atoms with Crippen LogP contribution in [0.1, 0.15) is 46.2 Å². The Morgan fingerprint density at radius 1 is 1.06 bits per heavy atom. The SMILES string of the molecule is Cc1cc(OCCc2nc([C@H]3CCCN3C(=O)COc3ccc(Cl)cc3)ccc2C(=O)O)ccc1Cl. The molecule has 0 spiro atoms. The summed E-state index contributed by atoms with van der Waals surface area (Å²) in [7, 11) is 0. The van der Waals surface area contributed by atoms with E-state index in [-0.39, 0.29) is 30.7 Å². The minimum Gasteiger partial charge on any atom is -0.493 e. The Morgan fingerprint density at radius 3 is 2.53 bits per heavy atom. The van der Waals surface area contributed by atoms with Gasteiger partial charge in [0, 0.05) is 23.0 Å². The molecule has 1 aromatic heterocycles. The number of halogens is 2. The van der Waals surface area contributed by atoms with Gasteiger partial charge >= 0.3 is 5.97 Å². The first kappa shape index (κ1) is 25.8. The second kappa shape index (κ2) is 11.6. The lowest BCUT2D eigenvalue weighted by Gasteiger charge is -2.25. The van der Waals surface area contributed by atoms with Crippen LogP contribution in [0.3, 0.4) is 0 Å². The Hall–Kier alpha value is -3.29. The first-order chi connectivity index (χ1) is 17.3. The van der Waals surface area contributed by atoms with Crippen LogP contribution in [-0.4, -0.2) is 46.6 Å². The lowest BCUT2D eigenvalue weighted by molar-refractivity contribution is -0.134. The molecule has 1 amide bonds. The number of likely N-dealkylation sites (tertiary alicyclic amines) is 1. The number of benzene rings is 2. The lowest BCUT2D eigenvalue weighted by atomic mass is 10.1. The van der Waals surface area contributed by atoms with Gasteiger partial charge in [-0.05, 0) is 79.9 Å². The third-order valence-electron chi connectivity index (χ3n) is 6.05. The molecule has 7 nitrogen and oxygen atoms in total. The number of aryl methyl sites for hydroxylation is 1. The van der Waals surface area contributed by atoms with Gasteiger partial charge in [-0.1, -0.05) is 23.2 Å². The summed E-state index contributed by atoms with van der Waals surface area (Å²) in [4.78, 5) is 31.1. The minimum atomic E-state index is -1.05. The molecule has 188 valence electrons. The number of carboxylic acid groups (broad SMARTS) is 1. The first-order valence-corrected chi connectivity index (χ1v) is 12.4. The summed E-state index contributed by atoms with van der Waals surface area (Å²) in [6, 6.07) is 15.2. The molecule has 1 saturated heterocycles. The number of rotatable bonds is 9. The van der Waals surface area contributed by atoms with Crippen LogP contribution in [0.2, 0.25) is 10.0 Å². The number of aromatic nitrogens is 1. The summed E-state index contributed by atoms with van der Waals surface area (Å²) < 4.78 is 11.4. The van der Waals surface area contributed by atoms with E-state index in [0.717, 1.165) is 18.4 Å². The van der Waals surface area contributed by atoms with Crippen molar-refractivity contribution >= 4 is 35.1 Å². The van der Waals surface area contributed by atoms with Gasteiger partial charge in [-0.3, -0.25) is 9.78 Å². The Morgan fingerprint density at radius 2 is 1.81 bits per heavy atom. The molecule has 0 bridgehead atoms. The van der Waals surface area contributed by atoms with E-state index < -0.39 is 5.97 Å². The second-order valence-corrected chi connectivity index (χ2v) is 9.38. The molecule has 36 heavy (non-hydrogen) atoms. The van der Waals surface area contributed by atoms with Crippen molar-refractivity contribution in [2.24, 2.45) is 0 Å². The molecule has 0 aliphatic carbocycles. The van der Waals surface area contributed by atoms with Gasteiger partial charge in [0.2, 0.25) is 0 Å². The van der Waals surface area contributed by atoms with E-state index in [1.54, 1.807) is 53.4 Å². The van der Waals surface area contributed by atoms with Gasteiger partial charge in [0.1, 0.15) is 11.5 Å².